The predicted octanol–water partition coefficient (Wildman–Crippen LogP) is 9.57. The summed E-state index contributed by atoms with van der Waals surface area (Å²) in [5.41, 5.74) is 3.95. The van der Waals surface area contributed by atoms with Crippen LogP contribution in [0.25, 0.3) is 21.5 Å². The van der Waals surface area contributed by atoms with Crippen LogP contribution in [0.5, 0.6) is 0 Å². The minimum Gasteiger partial charge on any atom is -0.0623 e. The van der Waals surface area contributed by atoms with Crippen molar-refractivity contribution in [3.05, 3.63) is 96.6 Å². The molecule has 0 heterocycles. The van der Waals surface area contributed by atoms with E-state index in [4.69, 9.17) is 12.2 Å². The van der Waals surface area contributed by atoms with Crippen molar-refractivity contribution < 1.29 is 42.5 Å². The van der Waals surface area contributed by atoms with Gasteiger partial charge in [0.2, 0.25) is 0 Å². The zero-order valence-electron chi connectivity index (χ0n) is 19.2. The van der Waals surface area contributed by atoms with Crippen molar-refractivity contribution in [2.45, 2.75) is 6.92 Å². The number of nitrogens with zero attached hydrogens (tertiary/aromatic N) is 1. The number of halogens is 7. The molecule has 202 valence electrons. The molecule has 0 aliphatic heterocycles. The summed E-state index contributed by atoms with van der Waals surface area (Å²) in [5, 5.41) is 12.6. The number of rotatable bonds is 3. The molecule has 4 aromatic carbocycles. The third kappa shape index (κ3) is 15.5. The first kappa shape index (κ1) is 32.7. The molecular weight excluding hydrogens is 644 g/mol. The van der Waals surface area contributed by atoms with Gasteiger partial charge < -0.3 is 5.32 Å². The summed E-state index contributed by atoms with van der Waals surface area (Å²) in [6.45, 7) is 2.77. The van der Waals surface area contributed by atoms with Crippen LogP contribution in [0, 0.1) is 0 Å². The monoisotopic (exact) mass is 667 g/mol. The molecule has 0 spiro atoms. The number of hydrogen-bond donors (Lipinski definition) is 2. The maximum Gasteiger partial charge on any atom is -0.0623 e. The van der Waals surface area contributed by atoms with E-state index < -0.39 is 7.81 Å². The Hall–Kier alpha value is -2.32. The minimum atomic E-state index is -10.7. The molecule has 0 bridgehead atoms. The van der Waals surface area contributed by atoms with E-state index in [1.807, 2.05) is 79.0 Å². The molecule has 0 aliphatic rings. The average molecular weight is 667 g/mol. The molecule has 0 saturated carbocycles. The van der Waals surface area contributed by atoms with E-state index in [1.54, 1.807) is 0 Å². The number of hydrogen-bond acceptors (Lipinski definition) is 2. The second-order valence-electron chi connectivity index (χ2n) is 7.07. The van der Waals surface area contributed by atoms with E-state index in [1.165, 1.54) is 21.5 Å². The zero-order chi connectivity index (χ0) is 28.0. The average Bonchev–Trinajstić information content (AvgIpc) is 2.84. The summed E-state index contributed by atoms with van der Waals surface area (Å²) in [7, 11) is -6.09. The largest absolute Gasteiger partial charge is 0.0623 e. The maximum absolute atomic E-state index is 10.7. The molecule has 13 heteroatoms. The molecule has 0 fully saturated rings. The van der Waals surface area contributed by atoms with Gasteiger partial charge in [0.05, 0.1) is 6.21 Å². The Morgan fingerprint density at radius 3 is 1.57 bits per heavy atom. The van der Waals surface area contributed by atoms with Gasteiger partial charge in [-0.05, 0) is 46.8 Å². The van der Waals surface area contributed by atoms with E-state index in [-0.39, 0.29) is 0 Å². The summed E-state index contributed by atoms with van der Waals surface area (Å²) in [6.07, 6.45) is 1.84. The van der Waals surface area contributed by atoms with Crippen molar-refractivity contribution >= 4 is 62.6 Å². The summed E-state index contributed by atoms with van der Waals surface area (Å²) < 4.78 is 59.2. The van der Waals surface area contributed by atoms with Crippen LogP contribution in [0.1, 0.15) is 12.5 Å². The number of benzene rings is 4. The fourth-order valence-corrected chi connectivity index (χ4v) is 3.13. The van der Waals surface area contributed by atoms with Gasteiger partial charge in [0, 0.05) is 12.1 Å². The minimum absolute atomic E-state index is 0.531. The van der Waals surface area contributed by atoms with Gasteiger partial charge >= 0.3 is 60.0 Å². The Morgan fingerprint density at radius 2 is 1.19 bits per heavy atom. The molecule has 0 aromatic heterocycles. The van der Waals surface area contributed by atoms with Crippen molar-refractivity contribution in [3.63, 3.8) is 0 Å². The van der Waals surface area contributed by atoms with Gasteiger partial charge in [-0.15, -0.1) is 0 Å². The Balaban J connectivity index is 0.000000374. The van der Waals surface area contributed by atoms with Crippen molar-refractivity contribution in [1.82, 2.24) is 10.7 Å². The third-order valence-corrected chi connectivity index (χ3v) is 4.41. The van der Waals surface area contributed by atoms with Crippen molar-refractivity contribution in [2.24, 2.45) is 5.10 Å². The first-order valence-corrected chi connectivity index (χ1v) is 15.1. The fourth-order valence-electron chi connectivity index (χ4n) is 2.93. The van der Waals surface area contributed by atoms with Crippen LogP contribution < -0.4 is 10.7 Å². The normalized spacial score (nSPS) is 12.5. The summed E-state index contributed by atoms with van der Waals surface area (Å²) in [6, 6.07) is 30.9. The van der Waals surface area contributed by atoms with Crippen molar-refractivity contribution in [1.29, 1.82) is 0 Å². The molecule has 3 nitrogen and oxygen atoms in total. The number of fused-ring (bicyclic) bond motifs is 2. The Labute approximate surface area is 230 Å². The summed E-state index contributed by atoms with van der Waals surface area (Å²) in [5.74, 6) is 0. The summed E-state index contributed by atoms with van der Waals surface area (Å²) >= 11 is 6.95. The fraction of sp³-hybridized carbons (Fsp3) is 0.0833. The number of hydrazone groups is 1. The van der Waals surface area contributed by atoms with Gasteiger partial charge in [-0.3, -0.25) is 5.43 Å². The maximum atomic E-state index is 9.87. The van der Waals surface area contributed by atoms with E-state index in [0.717, 1.165) is 12.1 Å². The molecule has 4 aromatic rings. The van der Waals surface area contributed by atoms with E-state index >= 15 is 0 Å². The predicted molar refractivity (Wildman–Crippen MR) is 144 cm³/mol. The standard InChI is InChI=1S/C18H17N3S.C6H6.ClH.F6P.Ru/c1-2-19-18(22)21-20-12-17-15-9-5-3-7-13(15)11-14-8-4-6-10-16(14)17;1-2-4-6-5-3-1;;1-7(2,3,4,5)6;/h3-12H,2H2,1H3,(H2,19,21,22);1-6H;1H;;/q;;;-1;+2/p-1/b20-12-;;;;. The summed E-state index contributed by atoms with van der Waals surface area (Å²) in [4.78, 5) is 0. The third-order valence-electron chi connectivity index (χ3n) is 4.18. The smallest absolute Gasteiger partial charge is 0.0623 e. The van der Waals surface area contributed by atoms with E-state index in [0.29, 0.717) is 5.11 Å². The molecule has 2 N–H and O–H groups in total. The molecule has 0 atom stereocenters. The van der Waals surface area contributed by atoms with Gasteiger partial charge in [0.15, 0.2) is 5.11 Å². The van der Waals surface area contributed by atoms with E-state index in [9.17, 15) is 25.2 Å². The molecule has 4 rings (SSSR count). The SMILES string of the molecule is CCNC(=S)N/N=C\c1c2ccccc2cc2ccccc12.F[P-](F)(F)(F)(F)F.[Cl][Ru+].c1ccccc1. The molecule has 0 radical (unpaired) electrons. The van der Waals surface area contributed by atoms with Gasteiger partial charge in [0.1, 0.15) is 0 Å². The molecule has 0 aliphatic carbocycles. The Morgan fingerprint density at radius 1 is 0.811 bits per heavy atom. The number of nitrogens with one attached hydrogen (secondary N) is 2. The molecule has 0 unspecified atom stereocenters. The van der Waals surface area contributed by atoms with E-state index in [2.05, 4.69) is 68.0 Å². The molecule has 0 amide bonds. The van der Waals surface area contributed by atoms with Crippen LogP contribution in [0.4, 0.5) is 25.2 Å². The van der Waals surface area contributed by atoms with Crippen LogP contribution in [-0.2, 0) is 17.3 Å². The second-order valence-corrected chi connectivity index (χ2v) is 9.40. The van der Waals surface area contributed by atoms with Crippen LogP contribution in [0.15, 0.2) is 96.1 Å². The first-order valence-electron chi connectivity index (χ1n) is 10.4. The Bertz CT molecular complexity index is 1220. The van der Waals surface area contributed by atoms with Crippen LogP contribution in [0.3, 0.4) is 0 Å². The van der Waals surface area contributed by atoms with Crippen molar-refractivity contribution in [3.8, 4) is 0 Å². The Kier molecular flexibility index (Phi) is 12.4. The second kappa shape index (κ2) is 14.0. The van der Waals surface area contributed by atoms with Gasteiger partial charge in [0.25, 0.3) is 0 Å². The van der Waals surface area contributed by atoms with Crippen LogP contribution in [0.2, 0.25) is 0 Å². The first-order chi connectivity index (χ1) is 17.2. The van der Waals surface area contributed by atoms with Gasteiger partial charge in [-0.2, -0.15) is 5.10 Å². The topological polar surface area (TPSA) is 36.4 Å². The molecule has 0 saturated heterocycles. The van der Waals surface area contributed by atoms with Gasteiger partial charge in [-0.25, -0.2) is 0 Å². The van der Waals surface area contributed by atoms with Gasteiger partial charge in [-0.1, -0.05) is 84.9 Å². The van der Waals surface area contributed by atoms with Crippen molar-refractivity contribution in [2.75, 3.05) is 6.54 Å². The number of thiocarbonyl (C=S) groups is 1. The molecule has 37 heavy (non-hydrogen) atoms. The molecular formula is C24H23ClF6N3PRuS. The van der Waals surface area contributed by atoms with Crippen LogP contribution in [-0.4, -0.2) is 17.9 Å². The van der Waals surface area contributed by atoms with Crippen LogP contribution >= 0.6 is 29.7 Å². The zero-order valence-corrected chi connectivity index (χ0v) is 23.5. The quantitative estimate of drug-likeness (QED) is 0.0435.